The number of carbonyl (C=O) groups is 1. The van der Waals surface area contributed by atoms with Crippen molar-refractivity contribution in [2.75, 3.05) is 41.8 Å². The molecule has 204 valence electrons. The fourth-order valence-corrected chi connectivity index (χ4v) is 7.29. The van der Waals surface area contributed by atoms with Gasteiger partial charge in [0.05, 0.1) is 56.6 Å². The summed E-state index contributed by atoms with van der Waals surface area (Å²) in [6.07, 6.45) is 7.47. The number of thiophene rings is 1. The minimum Gasteiger partial charge on any atom is -0.459 e. The number of primary amides is 1. The van der Waals surface area contributed by atoms with Crippen molar-refractivity contribution in [3.05, 3.63) is 52.0 Å². The molecule has 0 radical (unpaired) electrons. The Hall–Kier alpha value is -3.45. The first-order valence-electron chi connectivity index (χ1n) is 13.0. The second kappa shape index (κ2) is 11.0. The highest BCUT2D eigenvalue weighted by Crippen LogP contribution is 2.43. The molecule has 1 aliphatic heterocycles. The zero-order valence-corrected chi connectivity index (χ0v) is 22.9. The average molecular weight is 567 g/mol. The van der Waals surface area contributed by atoms with Gasteiger partial charge >= 0.3 is 0 Å². The van der Waals surface area contributed by atoms with E-state index < -0.39 is 5.91 Å². The van der Waals surface area contributed by atoms with Gasteiger partial charge in [0.15, 0.2) is 11.3 Å². The van der Waals surface area contributed by atoms with Gasteiger partial charge in [-0.15, -0.1) is 22.7 Å². The van der Waals surface area contributed by atoms with E-state index >= 15 is 0 Å². The summed E-state index contributed by atoms with van der Waals surface area (Å²) < 4.78 is 12.0. The van der Waals surface area contributed by atoms with Crippen LogP contribution in [0.1, 0.15) is 36.2 Å². The summed E-state index contributed by atoms with van der Waals surface area (Å²) in [6.45, 7) is 2.74. The molecule has 0 bridgehead atoms. The van der Waals surface area contributed by atoms with E-state index in [0.717, 1.165) is 70.3 Å². The number of carbonyl (C=O) groups excluding carboxylic acids is 1. The fourth-order valence-electron chi connectivity index (χ4n) is 5.18. The Balaban J connectivity index is 1.34. The van der Waals surface area contributed by atoms with Gasteiger partial charge in [0.2, 0.25) is 5.43 Å². The lowest BCUT2D eigenvalue weighted by molar-refractivity contribution is 0.0996. The highest BCUT2D eigenvalue weighted by molar-refractivity contribution is 7.23. The third kappa shape index (κ3) is 5.24. The second-order valence-electron chi connectivity index (χ2n) is 9.83. The third-order valence-electron chi connectivity index (χ3n) is 7.22. The van der Waals surface area contributed by atoms with Gasteiger partial charge in [-0.3, -0.25) is 9.59 Å². The molecule has 1 saturated heterocycles. The predicted molar refractivity (Wildman–Crippen MR) is 157 cm³/mol. The number of nitrogens with two attached hydrogens (primary N) is 2. The molecule has 12 heteroatoms. The monoisotopic (exact) mass is 566 g/mol. The normalized spacial score (nSPS) is 19.8. The van der Waals surface area contributed by atoms with Crippen molar-refractivity contribution in [1.82, 2.24) is 4.98 Å². The zero-order valence-electron chi connectivity index (χ0n) is 21.3. The van der Waals surface area contributed by atoms with Crippen LogP contribution in [0.25, 0.3) is 20.7 Å². The van der Waals surface area contributed by atoms with Crippen LogP contribution in [0.15, 0.2) is 45.3 Å². The van der Waals surface area contributed by atoms with E-state index in [1.807, 2.05) is 17.5 Å². The lowest BCUT2D eigenvalue weighted by Gasteiger charge is -2.30. The molecule has 0 aromatic carbocycles. The molecule has 0 unspecified atom stereocenters. The number of anilines is 4. The Bertz CT molecular complexity index is 1560. The Morgan fingerprint density at radius 2 is 1.97 bits per heavy atom. The maximum absolute atomic E-state index is 12.9. The fraction of sp³-hybridized carbons (Fsp3) is 0.370. The van der Waals surface area contributed by atoms with Crippen molar-refractivity contribution in [2.24, 2.45) is 11.5 Å². The van der Waals surface area contributed by atoms with Crippen molar-refractivity contribution < 1.29 is 13.9 Å². The maximum atomic E-state index is 12.9. The van der Waals surface area contributed by atoms with Crippen molar-refractivity contribution in [3.63, 3.8) is 0 Å². The molecule has 2 fully saturated rings. The first-order chi connectivity index (χ1) is 19.0. The Labute approximate surface area is 233 Å². The molecule has 4 aromatic heterocycles. The number of fused-ring (bicyclic) bond motifs is 1. The second-order valence-corrected chi connectivity index (χ2v) is 11.8. The smallest absolute Gasteiger partial charge is 0.269 e. The minimum atomic E-state index is -0.627. The van der Waals surface area contributed by atoms with Crippen molar-refractivity contribution in [2.45, 2.75) is 37.8 Å². The van der Waals surface area contributed by atoms with Crippen LogP contribution >= 0.6 is 22.7 Å². The number of ether oxygens (including phenoxy) is 1. The maximum Gasteiger partial charge on any atom is 0.269 e. The van der Waals surface area contributed by atoms with Crippen LogP contribution < -0.4 is 32.4 Å². The lowest BCUT2D eigenvalue weighted by atomic mass is 9.91. The van der Waals surface area contributed by atoms with Gasteiger partial charge < -0.3 is 36.2 Å². The third-order valence-corrected chi connectivity index (χ3v) is 9.37. The minimum absolute atomic E-state index is 0.0679. The first-order valence-corrected chi connectivity index (χ1v) is 14.7. The number of aromatic nitrogens is 1. The summed E-state index contributed by atoms with van der Waals surface area (Å²) in [6, 6.07) is 5.62. The van der Waals surface area contributed by atoms with E-state index in [1.54, 1.807) is 18.5 Å². The summed E-state index contributed by atoms with van der Waals surface area (Å²) >= 11 is 3.05. The summed E-state index contributed by atoms with van der Waals surface area (Å²) in [7, 11) is 0. The SMILES string of the molecule is NC(=O)c1ncc(N[C@H]2CCCC[C@H]2N)cc1Nc1ccsc1-c1coc2c(=O)cc(N3CCOCC3)sc12. The number of rotatable bonds is 7. The molecular formula is C27H30N6O4S2. The van der Waals surface area contributed by atoms with E-state index in [9.17, 15) is 9.59 Å². The molecule has 1 saturated carbocycles. The number of amides is 1. The quantitative estimate of drug-likeness (QED) is 0.256. The molecule has 4 aromatic rings. The standard InChI is InChI=1S/C27H30N6O4S2/c28-17-3-1-2-4-18(17)31-15-11-20(23(27(29)35)30-13-15)32-19-5-10-38-25(19)16-14-37-24-21(34)12-22(39-26(16)24)33-6-8-36-9-7-33/h5,10-14,17-18,31-32H,1-4,6-9,28H2,(H2,29,35)/t17-,18+/m1/s1. The van der Waals surface area contributed by atoms with Gasteiger partial charge in [-0.05, 0) is 30.4 Å². The van der Waals surface area contributed by atoms with Gasteiger partial charge in [-0.25, -0.2) is 4.98 Å². The molecule has 6 rings (SSSR count). The molecule has 6 N–H and O–H groups in total. The summed E-state index contributed by atoms with van der Waals surface area (Å²) in [5.41, 5.74) is 15.2. The van der Waals surface area contributed by atoms with E-state index in [1.165, 1.54) is 22.7 Å². The molecule has 1 amide bonds. The Morgan fingerprint density at radius 1 is 1.15 bits per heavy atom. The molecule has 39 heavy (non-hydrogen) atoms. The number of nitrogens with zero attached hydrogens (tertiary/aromatic N) is 2. The van der Waals surface area contributed by atoms with Crippen LogP contribution in [-0.4, -0.2) is 49.3 Å². The number of hydrogen-bond donors (Lipinski definition) is 4. The van der Waals surface area contributed by atoms with Crippen LogP contribution in [0.4, 0.5) is 22.1 Å². The van der Waals surface area contributed by atoms with Crippen LogP contribution in [0.5, 0.6) is 0 Å². The average Bonchev–Trinajstić information content (AvgIpc) is 3.57. The molecule has 10 nitrogen and oxygen atoms in total. The Kier molecular flexibility index (Phi) is 7.26. The van der Waals surface area contributed by atoms with Crippen molar-refractivity contribution in [1.29, 1.82) is 0 Å². The predicted octanol–water partition coefficient (Wildman–Crippen LogP) is 4.34. The topological polar surface area (TPSA) is 149 Å². The van der Waals surface area contributed by atoms with Crippen molar-refractivity contribution in [3.8, 4) is 10.4 Å². The summed E-state index contributed by atoms with van der Waals surface area (Å²) in [4.78, 5) is 32.6. The van der Waals surface area contributed by atoms with Gasteiger partial charge in [0.1, 0.15) is 6.26 Å². The molecule has 5 heterocycles. The van der Waals surface area contributed by atoms with Crippen LogP contribution in [0.2, 0.25) is 0 Å². The number of furan rings is 1. The number of nitrogens with one attached hydrogen (secondary N) is 2. The number of pyridine rings is 1. The highest BCUT2D eigenvalue weighted by Gasteiger charge is 2.24. The largest absolute Gasteiger partial charge is 0.459 e. The van der Waals surface area contributed by atoms with Gasteiger partial charge in [0, 0.05) is 31.2 Å². The van der Waals surface area contributed by atoms with E-state index in [4.69, 9.17) is 20.6 Å². The molecule has 2 aliphatic rings. The first kappa shape index (κ1) is 25.8. The van der Waals surface area contributed by atoms with Crippen LogP contribution in [0.3, 0.4) is 0 Å². The van der Waals surface area contributed by atoms with Gasteiger partial charge in [-0.2, -0.15) is 0 Å². The molecule has 0 spiro atoms. The van der Waals surface area contributed by atoms with E-state index in [0.29, 0.717) is 24.5 Å². The Morgan fingerprint density at radius 3 is 2.77 bits per heavy atom. The zero-order chi connectivity index (χ0) is 26.9. The molecule has 1 aliphatic carbocycles. The summed E-state index contributed by atoms with van der Waals surface area (Å²) in [5, 5.41) is 9.70. The number of hydrogen-bond acceptors (Lipinski definition) is 11. The lowest BCUT2D eigenvalue weighted by Crippen LogP contribution is -2.42. The van der Waals surface area contributed by atoms with E-state index in [-0.39, 0.29) is 23.2 Å². The van der Waals surface area contributed by atoms with Crippen molar-refractivity contribution >= 4 is 60.9 Å². The highest BCUT2D eigenvalue weighted by atomic mass is 32.1. The number of morpholine rings is 1. The van der Waals surface area contributed by atoms with Gasteiger partial charge in [0.25, 0.3) is 5.91 Å². The van der Waals surface area contributed by atoms with E-state index in [2.05, 4.69) is 20.5 Å². The van der Waals surface area contributed by atoms with Gasteiger partial charge in [-0.1, -0.05) is 12.8 Å². The molecular weight excluding hydrogens is 536 g/mol. The van der Waals surface area contributed by atoms with Crippen LogP contribution in [0, 0.1) is 0 Å². The summed E-state index contributed by atoms with van der Waals surface area (Å²) in [5.74, 6) is -0.627. The molecule has 2 atom stereocenters. The van der Waals surface area contributed by atoms with Crippen LogP contribution in [-0.2, 0) is 4.74 Å².